The van der Waals surface area contributed by atoms with Crippen LogP contribution < -0.4 is 11.3 Å². The molecule has 0 bridgehead atoms. The first-order chi connectivity index (χ1) is 3.81. The van der Waals surface area contributed by atoms with E-state index in [1.807, 2.05) is 5.43 Å². The molecule has 0 spiro atoms. The molecule has 0 aliphatic rings. The summed E-state index contributed by atoms with van der Waals surface area (Å²) in [7, 11) is 0. The number of hydrogen-bond donors (Lipinski definition) is 2. The first-order valence-electron chi connectivity index (χ1n) is 2.14. The predicted octanol–water partition coefficient (Wildman–Crippen LogP) is -0.714. The highest BCUT2D eigenvalue weighted by atomic mass is 16.2. The number of nitrogens with two attached hydrogens (primary N) is 1. The van der Waals surface area contributed by atoms with E-state index in [0.717, 1.165) is 0 Å². The summed E-state index contributed by atoms with van der Waals surface area (Å²) < 4.78 is 0. The lowest BCUT2D eigenvalue weighted by Gasteiger charge is -1.88. The Hall–Kier alpha value is -1.08. The van der Waals surface area contributed by atoms with Crippen LogP contribution in [0.5, 0.6) is 0 Å². The third kappa shape index (κ3) is 3.12. The molecule has 0 saturated carbocycles. The van der Waals surface area contributed by atoms with Gasteiger partial charge in [-0.1, -0.05) is 0 Å². The Morgan fingerprint density at radius 3 is 2.88 bits per heavy atom. The summed E-state index contributed by atoms with van der Waals surface area (Å²) in [6.45, 7) is 6.49. The van der Waals surface area contributed by atoms with Crippen molar-refractivity contribution in [3.63, 3.8) is 0 Å². The lowest BCUT2D eigenvalue weighted by molar-refractivity contribution is -0.120. The number of hydrogen-bond acceptors (Lipinski definition) is 2. The number of nitrogens with zero attached hydrogens (tertiary/aromatic N) is 1. The van der Waals surface area contributed by atoms with Crippen molar-refractivity contribution in [2.75, 3.05) is 6.54 Å². The maximum atomic E-state index is 10.2. The van der Waals surface area contributed by atoms with Crippen LogP contribution in [0.25, 0.3) is 4.85 Å². The van der Waals surface area contributed by atoms with Crippen LogP contribution in [0.4, 0.5) is 0 Å². The highest BCUT2D eigenvalue weighted by Crippen LogP contribution is 1.76. The van der Waals surface area contributed by atoms with Crippen LogP contribution >= 0.6 is 0 Å². The number of carbonyl (C=O) groups is 1. The first-order valence-corrected chi connectivity index (χ1v) is 2.14. The molecule has 0 fully saturated rings. The van der Waals surface area contributed by atoms with Crippen molar-refractivity contribution in [3.05, 3.63) is 11.4 Å². The Bertz CT molecular complexity index is 115. The van der Waals surface area contributed by atoms with E-state index in [2.05, 4.69) is 4.85 Å². The van der Waals surface area contributed by atoms with E-state index in [4.69, 9.17) is 12.4 Å². The smallest absolute Gasteiger partial charge is 0.241 e. The molecule has 0 aromatic rings. The molecular weight excluding hydrogens is 106 g/mol. The summed E-state index contributed by atoms with van der Waals surface area (Å²) in [5.41, 5.74) is 1.92. The van der Waals surface area contributed by atoms with Gasteiger partial charge in [-0.15, -0.1) is 0 Å². The molecule has 3 N–H and O–H groups in total. The van der Waals surface area contributed by atoms with Gasteiger partial charge in [-0.3, -0.25) is 10.2 Å². The maximum absolute atomic E-state index is 10.2. The predicted molar refractivity (Wildman–Crippen MR) is 28.4 cm³/mol. The average Bonchev–Trinajstić information content (AvgIpc) is 1.83. The molecule has 0 saturated heterocycles. The number of carbonyl (C=O) groups excluding carboxylic acids is 1. The third-order valence-electron chi connectivity index (χ3n) is 0.612. The van der Waals surface area contributed by atoms with Crippen molar-refractivity contribution in [1.82, 2.24) is 5.43 Å². The van der Waals surface area contributed by atoms with Gasteiger partial charge in [0.2, 0.25) is 12.5 Å². The van der Waals surface area contributed by atoms with Crippen molar-refractivity contribution in [2.24, 2.45) is 5.84 Å². The van der Waals surface area contributed by atoms with Gasteiger partial charge >= 0.3 is 0 Å². The molecule has 0 aliphatic carbocycles. The van der Waals surface area contributed by atoms with Crippen molar-refractivity contribution in [2.45, 2.75) is 6.42 Å². The van der Waals surface area contributed by atoms with E-state index in [-0.39, 0.29) is 18.9 Å². The largest absolute Gasteiger partial charge is 0.316 e. The van der Waals surface area contributed by atoms with E-state index in [1.54, 1.807) is 0 Å². The Morgan fingerprint density at radius 1 is 1.88 bits per heavy atom. The molecule has 4 nitrogen and oxygen atoms in total. The molecule has 0 atom stereocenters. The lowest BCUT2D eigenvalue weighted by atomic mass is 10.4. The molecule has 8 heavy (non-hydrogen) atoms. The Labute approximate surface area is 47.5 Å². The summed E-state index contributed by atoms with van der Waals surface area (Å²) in [4.78, 5) is 13.1. The Morgan fingerprint density at radius 2 is 2.50 bits per heavy atom. The van der Waals surface area contributed by atoms with Gasteiger partial charge in [0.1, 0.15) is 6.42 Å². The monoisotopic (exact) mass is 113 g/mol. The zero-order valence-corrected chi connectivity index (χ0v) is 4.35. The number of hydrazine groups is 1. The molecule has 0 aliphatic heterocycles. The fourth-order valence-electron chi connectivity index (χ4n) is 0.230. The zero-order valence-electron chi connectivity index (χ0n) is 4.35. The van der Waals surface area contributed by atoms with Crippen molar-refractivity contribution < 1.29 is 4.79 Å². The molecule has 0 unspecified atom stereocenters. The Balaban J connectivity index is 3.15. The highest BCUT2D eigenvalue weighted by Gasteiger charge is 1.96. The van der Waals surface area contributed by atoms with Crippen LogP contribution in [0.3, 0.4) is 0 Å². The zero-order chi connectivity index (χ0) is 6.41. The molecule has 0 aromatic carbocycles. The van der Waals surface area contributed by atoms with E-state index in [1.165, 1.54) is 0 Å². The fraction of sp³-hybridized carbons (Fsp3) is 0.500. The summed E-state index contributed by atoms with van der Waals surface area (Å²) >= 11 is 0. The molecule has 4 heteroatoms. The molecule has 1 amide bonds. The molecule has 44 valence electrons. The Kier molecular flexibility index (Phi) is 3.54. The topological polar surface area (TPSA) is 59.5 Å². The summed E-state index contributed by atoms with van der Waals surface area (Å²) in [5.74, 6) is 4.42. The standard InChI is InChI=1S/C4H7N3O/c1-6-3-2-4(8)7-5/h2-3,5H2,(H,7,8). The van der Waals surface area contributed by atoms with Crippen LogP contribution in [0, 0.1) is 6.57 Å². The van der Waals surface area contributed by atoms with Crippen molar-refractivity contribution in [3.8, 4) is 0 Å². The number of amides is 1. The molecule has 0 heterocycles. The van der Waals surface area contributed by atoms with Gasteiger partial charge in [0.15, 0.2) is 0 Å². The van der Waals surface area contributed by atoms with Crippen LogP contribution in [-0.4, -0.2) is 12.5 Å². The molecular formula is C4H7N3O. The van der Waals surface area contributed by atoms with Crippen LogP contribution in [0.2, 0.25) is 0 Å². The second-order valence-corrected chi connectivity index (χ2v) is 1.20. The number of rotatable bonds is 2. The first kappa shape index (κ1) is 6.92. The van der Waals surface area contributed by atoms with E-state index in [0.29, 0.717) is 0 Å². The molecule has 0 rings (SSSR count). The summed E-state index contributed by atoms with van der Waals surface area (Å²) in [6, 6.07) is 0. The van der Waals surface area contributed by atoms with Crippen LogP contribution in [0.15, 0.2) is 0 Å². The fourth-order valence-corrected chi connectivity index (χ4v) is 0.230. The van der Waals surface area contributed by atoms with E-state index >= 15 is 0 Å². The second-order valence-electron chi connectivity index (χ2n) is 1.20. The van der Waals surface area contributed by atoms with E-state index < -0.39 is 0 Å². The molecule has 0 radical (unpaired) electrons. The minimum atomic E-state index is -0.291. The normalized spacial score (nSPS) is 7.50. The van der Waals surface area contributed by atoms with Gasteiger partial charge in [0, 0.05) is 0 Å². The van der Waals surface area contributed by atoms with Gasteiger partial charge in [-0.25, -0.2) is 12.4 Å². The average molecular weight is 113 g/mol. The van der Waals surface area contributed by atoms with Gasteiger partial charge in [-0.05, 0) is 0 Å². The third-order valence-corrected chi connectivity index (χ3v) is 0.612. The minimum Gasteiger partial charge on any atom is -0.316 e. The molecule has 0 aromatic heterocycles. The van der Waals surface area contributed by atoms with Gasteiger partial charge in [0.05, 0.1) is 0 Å². The summed E-state index contributed by atoms with van der Waals surface area (Å²) in [5, 5.41) is 0. The number of nitrogens with one attached hydrogen (secondary N) is 1. The minimum absolute atomic E-state index is 0.194. The van der Waals surface area contributed by atoms with Crippen LogP contribution in [0.1, 0.15) is 6.42 Å². The van der Waals surface area contributed by atoms with Crippen molar-refractivity contribution in [1.29, 1.82) is 0 Å². The lowest BCUT2D eigenvalue weighted by Crippen LogP contribution is -2.30. The SMILES string of the molecule is [C-]#[N+]CCC(=O)NN. The maximum Gasteiger partial charge on any atom is 0.241 e. The highest BCUT2D eigenvalue weighted by molar-refractivity contribution is 5.75. The summed E-state index contributed by atoms with van der Waals surface area (Å²) in [6.07, 6.45) is 0.194. The van der Waals surface area contributed by atoms with Crippen LogP contribution in [-0.2, 0) is 4.79 Å². The van der Waals surface area contributed by atoms with Gasteiger partial charge in [0.25, 0.3) is 0 Å². The van der Waals surface area contributed by atoms with E-state index in [9.17, 15) is 4.79 Å². The van der Waals surface area contributed by atoms with Gasteiger partial charge < -0.3 is 4.85 Å². The van der Waals surface area contributed by atoms with Crippen molar-refractivity contribution >= 4 is 5.91 Å². The van der Waals surface area contributed by atoms with Gasteiger partial charge in [-0.2, -0.15) is 0 Å². The second kappa shape index (κ2) is 4.09. The quantitative estimate of drug-likeness (QED) is 0.215.